The molecule has 0 atom stereocenters. The first-order valence-electron chi connectivity index (χ1n) is 3.23. The molecule has 0 saturated heterocycles. The number of halogens is 2. The molecule has 0 fully saturated rings. The highest BCUT2D eigenvalue weighted by molar-refractivity contribution is 6.33. The summed E-state index contributed by atoms with van der Waals surface area (Å²) in [6, 6.07) is 4.84. The number of carboxylic acid groups (broad SMARTS) is 1. The van der Waals surface area contributed by atoms with Crippen molar-refractivity contribution in [3.05, 3.63) is 34.3 Å². The van der Waals surface area contributed by atoms with Crippen LogP contribution in [0.15, 0.2) is 18.2 Å². The third-order valence-electron chi connectivity index (χ3n) is 1.46. The van der Waals surface area contributed by atoms with Crippen LogP contribution in [0.5, 0.6) is 0 Å². The SMILES string of the molecule is O=C(O)c1c(Cl)cccc1CCl. The fourth-order valence-electron chi connectivity index (χ4n) is 0.920. The minimum atomic E-state index is -1.05. The summed E-state index contributed by atoms with van der Waals surface area (Å²) in [5, 5.41) is 8.96. The molecule has 1 aromatic rings. The summed E-state index contributed by atoms with van der Waals surface area (Å²) in [4.78, 5) is 10.7. The Balaban J connectivity index is 3.29. The molecule has 0 aliphatic rings. The van der Waals surface area contributed by atoms with Crippen LogP contribution in [0, 0.1) is 0 Å². The highest BCUT2D eigenvalue weighted by Gasteiger charge is 2.12. The van der Waals surface area contributed by atoms with Crippen LogP contribution >= 0.6 is 23.2 Å². The molecule has 0 unspecified atom stereocenters. The van der Waals surface area contributed by atoms with E-state index in [9.17, 15) is 4.79 Å². The number of carboxylic acids is 1. The van der Waals surface area contributed by atoms with Crippen LogP contribution in [-0.4, -0.2) is 11.1 Å². The molecule has 4 heteroatoms. The third kappa shape index (κ3) is 1.71. The predicted octanol–water partition coefficient (Wildman–Crippen LogP) is 2.78. The molecule has 0 aliphatic carbocycles. The predicted molar refractivity (Wildman–Crippen MR) is 48.0 cm³/mol. The Morgan fingerprint density at radius 3 is 2.58 bits per heavy atom. The van der Waals surface area contributed by atoms with Gasteiger partial charge in [0.15, 0.2) is 0 Å². The van der Waals surface area contributed by atoms with Gasteiger partial charge in [0.05, 0.1) is 10.6 Å². The van der Waals surface area contributed by atoms with Gasteiger partial charge >= 0.3 is 5.97 Å². The highest BCUT2D eigenvalue weighted by atomic mass is 35.5. The number of alkyl halides is 1. The molecule has 64 valence electrons. The van der Waals surface area contributed by atoms with Gasteiger partial charge in [-0.1, -0.05) is 23.7 Å². The molecule has 0 amide bonds. The highest BCUT2D eigenvalue weighted by Crippen LogP contribution is 2.21. The van der Waals surface area contributed by atoms with Crippen LogP contribution < -0.4 is 0 Å². The summed E-state index contributed by atoms with van der Waals surface area (Å²) in [6.07, 6.45) is 0. The van der Waals surface area contributed by atoms with E-state index in [-0.39, 0.29) is 16.5 Å². The average molecular weight is 205 g/mol. The maximum atomic E-state index is 10.7. The molecular formula is C8H6Cl2O2. The monoisotopic (exact) mass is 204 g/mol. The lowest BCUT2D eigenvalue weighted by atomic mass is 10.1. The zero-order valence-corrected chi connectivity index (χ0v) is 7.56. The summed E-state index contributed by atoms with van der Waals surface area (Å²) < 4.78 is 0. The molecule has 0 heterocycles. The summed E-state index contributed by atoms with van der Waals surface area (Å²) in [5.74, 6) is -0.890. The molecule has 0 bridgehead atoms. The van der Waals surface area contributed by atoms with Crippen molar-refractivity contribution in [2.24, 2.45) is 0 Å². The smallest absolute Gasteiger partial charge is 0.337 e. The average Bonchev–Trinajstić information content (AvgIpc) is 2.03. The number of carbonyl (C=O) groups is 1. The lowest BCUT2D eigenvalue weighted by Gasteiger charge is -2.03. The standard InChI is InChI=1S/C8H6Cl2O2/c9-4-5-2-1-3-6(10)7(5)8(11)12/h1-3H,4H2,(H,11,12). The van der Waals surface area contributed by atoms with E-state index in [1.165, 1.54) is 6.07 Å². The lowest BCUT2D eigenvalue weighted by molar-refractivity contribution is 0.0696. The zero-order valence-electron chi connectivity index (χ0n) is 6.05. The molecule has 0 radical (unpaired) electrons. The van der Waals surface area contributed by atoms with Gasteiger partial charge in [0, 0.05) is 5.88 Å². The molecule has 0 saturated carbocycles. The maximum Gasteiger partial charge on any atom is 0.337 e. The second-order valence-corrected chi connectivity index (χ2v) is 2.89. The van der Waals surface area contributed by atoms with Gasteiger partial charge in [0.2, 0.25) is 0 Å². The van der Waals surface area contributed by atoms with Gasteiger partial charge in [0.1, 0.15) is 0 Å². The van der Waals surface area contributed by atoms with Gasteiger partial charge in [-0.05, 0) is 11.6 Å². The van der Waals surface area contributed by atoms with Gasteiger partial charge < -0.3 is 5.11 Å². The Kier molecular flexibility index (Phi) is 2.95. The van der Waals surface area contributed by atoms with Crippen molar-refractivity contribution in [1.29, 1.82) is 0 Å². The van der Waals surface area contributed by atoms with E-state index in [2.05, 4.69) is 0 Å². The van der Waals surface area contributed by atoms with E-state index in [0.29, 0.717) is 5.56 Å². The van der Waals surface area contributed by atoms with Gasteiger partial charge in [-0.25, -0.2) is 4.79 Å². The Morgan fingerprint density at radius 1 is 1.50 bits per heavy atom. The van der Waals surface area contributed by atoms with Gasteiger partial charge in [0.25, 0.3) is 0 Å². The second kappa shape index (κ2) is 3.78. The number of benzene rings is 1. The van der Waals surface area contributed by atoms with E-state index in [4.69, 9.17) is 28.3 Å². The minimum absolute atomic E-state index is 0.0918. The summed E-state index contributed by atoms with van der Waals surface area (Å²) in [7, 11) is 0. The molecule has 1 aromatic carbocycles. The van der Waals surface area contributed by atoms with Crippen LogP contribution in [0.2, 0.25) is 5.02 Å². The van der Waals surface area contributed by atoms with Crippen LogP contribution in [0.4, 0.5) is 0 Å². The van der Waals surface area contributed by atoms with E-state index in [1.54, 1.807) is 12.1 Å². The quantitative estimate of drug-likeness (QED) is 0.753. The third-order valence-corrected chi connectivity index (χ3v) is 2.06. The topological polar surface area (TPSA) is 37.3 Å². The van der Waals surface area contributed by atoms with Crippen LogP contribution in [0.3, 0.4) is 0 Å². The van der Waals surface area contributed by atoms with Crippen molar-refractivity contribution in [2.75, 3.05) is 0 Å². The first-order valence-corrected chi connectivity index (χ1v) is 4.14. The molecule has 1 rings (SSSR count). The van der Waals surface area contributed by atoms with E-state index in [0.717, 1.165) is 0 Å². The van der Waals surface area contributed by atoms with Gasteiger partial charge in [-0.3, -0.25) is 0 Å². The number of hydrogen-bond acceptors (Lipinski definition) is 1. The fraction of sp³-hybridized carbons (Fsp3) is 0.125. The first kappa shape index (κ1) is 9.36. The Labute approximate surface area is 79.7 Å². The van der Waals surface area contributed by atoms with Crippen LogP contribution in [-0.2, 0) is 5.88 Å². The van der Waals surface area contributed by atoms with Crippen molar-refractivity contribution < 1.29 is 9.90 Å². The summed E-state index contributed by atoms with van der Waals surface area (Å²) in [5.41, 5.74) is 0.630. The number of aromatic carboxylic acids is 1. The van der Waals surface area contributed by atoms with Crippen molar-refractivity contribution in [1.82, 2.24) is 0 Å². The Bertz CT molecular complexity index is 310. The minimum Gasteiger partial charge on any atom is -0.478 e. The largest absolute Gasteiger partial charge is 0.478 e. The van der Waals surface area contributed by atoms with Crippen molar-refractivity contribution in [3.8, 4) is 0 Å². The molecule has 0 spiro atoms. The molecule has 12 heavy (non-hydrogen) atoms. The lowest BCUT2D eigenvalue weighted by Crippen LogP contribution is -2.01. The van der Waals surface area contributed by atoms with Crippen LogP contribution in [0.1, 0.15) is 15.9 Å². The molecule has 2 nitrogen and oxygen atoms in total. The van der Waals surface area contributed by atoms with E-state index in [1.807, 2.05) is 0 Å². The first-order chi connectivity index (χ1) is 5.66. The molecule has 0 aromatic heterocycles. The number of hydrogen-bond donors (Lipinski definition) is 1. The van der Waals surface area contributed by atoms with Crippen LogP contribution in [0.25, 0.3) is 0 Å². The zero-order chi connectivity index (χ0) is 9.14. The summed E-state index contributed by atoms with van der Waals surface area (Å²) in [6.45, 7) is 0. The second-order valence-electron chi connectivity index (χ2n) is 2.21. The van der Waals surface area contributed by atoms with Gasteiger partial charge in [-0.15, -0.1) is 11.6 Å². The Morgan fingerprint density at radius 2 is 2.17 bits per heavy atom. The van der Waals surface area contributed by atoms with E-state index < -0.39 is 5.97 Å². The van der Waals surface area contributed by atoms with Gasteiger partial charge in [-0.2, -0.15) is 0 Å². The fourth-order valence-corrected chi connectivity index (χ4v) is 1.42. The molecular weight excluding hydrogens is 199 g/mol. The number of rotatable bonds is 2. The van der Waals surface area contributed by atoms with E-state index >= 15 is 0 Å². The Hall–Kier alpha value is -0.730. The van der Waals surface area contributed by atoms with Crippen molar-refractivity contribution in [2.45, 2.75) is 5.88 Å². The van der Waals surface area contributed by atoms with Crippen molar-refractivity contribution >= 4 is 29.2 Å². The maximum absolute atomic E-state index is 10.7. The molecule has 1 N–H and O–H groups in total. The normalized spacial score (nSPS) is 9.83. The van der Waals surface area contributed by atoms with Crippen molar-refractivity contribution in [3.63, 3.8) is 0 Å². The molecule has 0 aliphatic heterocycles. The summed E-state index contributed by atoms with van der Waals surface area (Å²) >= 11 is 11.2.